The first kappa shape index (κ1) is 16.9. The van der Waals surface area contributed by atoms with Crippen molar-refractivity contribution in [3.8, 4) is 11.5 Å². The van der Waals surface area contributed by atoms with E-state index in [0.717, 1.165) is 42.1 Å². The molecule has 0 atom stereocenters. The number of thioether (sulfide) groups is 1. The molecule has 1 saturated carbocycles. The summed E-state index contributed by atoms with van der Waals surface area (Å²) in [6, 6.07) is 17.6. The summed E-state index contributed by atoms with van der Waals surface area (Å²) < 4.78 is 5.65. The molecule has 0 amide bonds. The number of carbonyl (C=O) groups is 1. The van der Waals surface area contributed by atoms with Crippen LogP contribution in [0.15, 0.2) is 59.5 Å². The number of hydrogen-bond acceptors (Lipinski definition) is 3. The molecule has 24 heavy (non-hydrogen) atoms. The average Bonchev–Trinajstić information content (AvgIpc) is 2.58. The highest BCUT2D eigenvalue weighted by atomic mass is 32.2. The fourth-order valence-electron chi connectivity index (χ4n) is 3.24. The molecule has 1 aliphatic rings. The number of para-hydroxylation sites is 1. The lowest BCUT2D eigenvalue weighted by Crippen LogP contribution is -2.30. The second-order valence-electron chi connectivity index (χ2n) is 6.30. The molecule has 0 radical (unpaired) electrons. The highest BCUT2D eigenvalue weighted by Crippen LogP contribution is 2.46. The Kier molecular flexibility index (Phi) is 5.46. The minimum atomic E-state index is -0.701. The standard InChI is InChI=1S/C20H22O3S/c21-19(22)15-20(13-5-2-6-14-20)24-18-11-9-17(10-12-18)23-16-7-3-1-4-8-16/h1,3-4,7-12H,2,5-6,13-15H2,(H,21,22). The first-order valence-corrected chi connectivity index (χ1v) is 9.21. The molecule has 0 heterocycles. The fraction of sp³-hybridized carbons (Fsp3) is 0.350. The second-order valence-corrected chi connectivity index (χ2v) is 7.84. The van der Waals surface area contributed by atoms with Crippen molar-refractivity contribution in [2.24, 2.45) is 0 Å². The lowest BCUT2D eigenvalue weighted by molar-refractivity contribution is -0.137. The zero-order valence-corrected chi connectivity index (χ0v) is 14.4. The van der Waals surface area contributed by atoms with Gasteiger partial charge in [-0.3, -0.25) is 4.79 Å². The molecule has 126 valence electrons. The third kappa shape index (κ3) is 4.54. The third-order valence-corrected chi connectivity index (χ3v) is 5.87. The molecule has 1 aliphatic carbocycles. The first-order chi connectivity index (χ1) is 11.7. The maximum atomic E-state index is 11.3. The number of rotatable bonds is 6. The summed E-state index contributed by atoms with van der Waals surface area (Å²) in [7, 11) is 0. The Bertz CT molecular complexity index is 661. The van der Waals surface area contributed by atoms with E-state index in [1.54, 1.807) is 11.8 Å². The Morgan fingerprint density at radius 1 is 0.958 bits per heavy atom. The maximum Gasteiger partial charge on any atom is 0.304 e. The van der Waals surface area contributed by atoms with Gasteiger partial charge >= 0.3 is 5.97 Å². The zero-order valence-electron chi connectivity index (χ0n) is 13.6. The van der Waals surface area contributed by atoms with E-state index in [-0.39, 0.29) is 11.2 Å². The molecular weight excluding hydrogens is 320 g/mol. The zero-order chi connectivity index (χ0) is 16.8. The van der Waals surface area contributed by atoms with Gasteiger partial charge in [-0.25, -0.2) is 0 Å². The van der Waals surface area contributed by atoms with Crippen LogP contribution in [0.5, 0.6) is 11.5 Å². The van der Waals surface area contributed by atoms with Gasteiger partial charge in [-0.2, -0.15) is 0 Å². The van der Waals surface area contributed by atoms with Crippen LogP contribution >= 0.6 is 11.8 Å². The summed E-state index contributed by atoms with van der Waals surface area (Å²) in [5.41, 5.74) is 0. The largest absolute Gasteiger partial charge is 0.481 e. The number of hydrogen-bond donors (Lipinski definition) is 1. The number of ether oxygens (including phenoxy) is 1. The first-order valence-electron chi connectivity index (χ1n) is 8.39. The quantitative estimate of drug-likeness (QED) is 0.726. The van der Waals surface area contributed by atoms with E-state index < -0.39 is 5.97 Å². The Hall–Kier alpha value is -1.94. The van der Waals surface area contributed by atoms with Crippen molar-refractivity contribution in [3.05, 3.63) is 54.6 Å². The van der Waals surface area contributed by atoms with Gasteiger partial charge in [0.15, 0.2) is 0 Å². The number of carboxylic acids is 1. The molecule has 2 aromatic carbocycles. The van der Waals surface area contributed by atoms with Gasteiger partial charge in [0.2, 0.25) is 0 Å². The van der Waals surface area contributed by atoms with E-state index in [2.05, 4.69) is 0 Å². The summed E-state index contributed by atoms with van der Waals surface area (Å²) in [6.07, 6.45) is 5.65. The number of carboxylic acid groups (broad SMARTS) is 1. The maximum absolute atomic E-state index is 11.3. The number of benzene rings is 2. The van der Waals surface area contributed by atoms with Gasteiger partial charge in [0.05, 0.1) is 6.42 Å². The van der Waals surface area contributed by atoms with Crippen molar-refractivity contribution in [2.75, 3.05) is 0 Å². The van der Waals surface area contributed by atoms with Crippen LogP contribution in [0.25, 0.3) is 0 Å². The molecule has 0 aromatic heterocycles. The van der Waals surface area contributed by atoms with Gasteiger partial charge in [0.25, 0.3) is 0 Å². The van der Waals surface area contributed by atoms with E-state index in [4.69, 9.17) is 4.74 Å². The van der Waals surface area contributed by atoms with E-state index in [1.807, 2.05) is 54.6 Å². The van der Waals surface area contributed by atoms with Crippen LogP contribution in [-0.2, 0) is 4.79 Å². The van der Waals surface area contributed by atoms with Gasteiger partial charge in [-0.05, 0) is 49.2 Å². The van der Waals surface area contributed by atoms with Crippen molar-refractivity contribution in [1.29, 1.82) is 0 Å². The van der Waals surface area contributed by atoms with E-state index >= 15 is 0 Å². The molecule has 3 nitrogen and oxygen atoms in total. The summed E-state index contributed by atoms with van der Waals surface area (Å²) in [5.74, 6) is 0.905. The molecular formula is C20H22O3S. The molecule has 1 N–H and O–H groups in total. The van der Waals surface area contributed by atoms with Crippen LogP contribution in [0.3, 0.4) is 0 Å². The molecule has 4 heteroatoms. The lowest BCUT2D eigenvalue weighted by atomic mass is 9.86. The molecule has 3 rings (SSSR count). The van der Waals surface area contributed by atoms with Crippen LogP contribution in [0.4, 0.5) is 0 Å². The van der Waals surface area contributed by atoms with Crippen molar-refractivity contribution in [1.82, 2.24) is 0 Å². The second kappa shape index (κ2) is 7.75. The van der Waals surface area contributed by atoms with Crippen molar-refractivity contribution < 1.29 is 14.6 Å². The Morgan fingerprint density at radius 2 is 1.58 bits per heavy atom. The summed E-state index contributed by atoms with van der Waals surface area (Å²) in [6.45, 7) is 0. The Morgan fingerprint density at radius 3 is 2.21 bits per heavy atom. The topological polar surface area (TPSA) is 46.5 Å². The SMILES string of the molecule is O=C(O)CC1(Sc2ccc(Oc3ccccc3)cc2)CCCCC1. The molecule has 0 saturated heterocycles. The van der Waals surface area contributed by atoms with Gasteiger partial charge in [0.1, 0.15) is 11.5 Å². The summed E-state index contributed by atoms with van der Waals surface area (Å²) in [5, 5.41) is 9.28. The molecule has 0 unspecified atom stereocenters. The van der Waals surface area contributed by atoms with Crippen LogP contribution in [-0.4, -0.2) is 15.8 Å². The summed E-state index contributed by atoms with van der Waals surface area (Å²) in [4.78, 5) is 12.4. The number of aliphatic carboxylic acids is 1. The highest BCUT2D eigenvalue weighted by molar-refractivity contribution is 8.00. The molecule has 2 aromatic rings. The smallest absolute Gasteiger partial charge is 0.304 e. The van der Waals surface area contributed by atoms with Crippen molar-refractivity contribution in [2.45, 2.75) is 48.2 Å². The van der Waals surface area contributed by atoms with Crippen LogP contribution < -0.4 is 4.74 Å². The molecule has 1 fully saturated rings. The Balaban J connectivity index is 1.69. The molecule has 0 bridgehead atoms. The van der Waals surface area contributed by atoms with Gasteiger partial charge in [0, 0.05) is 9.64 Å². The minimum Gasteiger partial charge on any atom is -0.481 e. The molecule has 0 aliphatic heterocycles. The van der Waals surface area contributed by atoms with E-state index in [0.29, 0.717) is 0 Å². The Labute approximate surface area is 147 Å². The monoisotopic (exact) mass is 342 g/mol. The van der Waals surface area contributed by atoms with Gasteiger partial charge < -0.3 is 9.84 Å². The van der Waals surface area contributed by atoms with Gasteiger partial charge in [-0.15, -0.1) is 11.8 Å². The van der Waals surface area contributed by atoms with Crippen LogP contribution in [0.2, 0.25) is 0 Å². The highest BCUT2D eigenvalue weighted by Gasteiger charge is 2.35. The third-order valence-electron chi connectivity index (χ3n) is 4.38. The summed E-state index contributed by atoms with van der Waals surface area (Å²) >= 11 is 1.72. The van der Waals surface area contributed by atoms with E-state index in [9.17, 15) is 9.90 Å². The van der Waals surface area contributed by atoms with Crippen molar-refractivity contribution in [3.63, 3.8) is 0 Å². The van der Waals surface area contributed by atoms with E-state index in [1.165, 1.54) is 6.42 Å². The van der Waals surface area contributed by atoms with Crippen molar-refractivity contribution >= 4 is 17.7 Å². The minimum absolute atomic E-state index is 0.161. The van der Waals surface area contributed by atoms with Gasteiger partial charge in [-0.1, -0.05) is 37.5 Å². The fourth-order valence-corrected chi connectivity index (χ4v) is 4.70. The molecule has 0 spiro atoms. The van der Waals surface area contributed by atoms with Crippen LogP contribution in [0.1, 0.15) is 38.5 Å². The average molecular weight is 342 g/mol. The normalized spacial score (nSPS) is 16.5. The predicted octanol–water partition coefficient (Wildman–Crippen LogP) is 5.75. The predicted molar refractivity (Wildman–Crippen MR) is 96.9 cm³/mol. The lowest BCUT2D eigenvalue weighted by Gasteiger charge is -2.35. The van der Waals surface area contributed by atoms with Crippen LogP contribution in [0, 0.1) is 0 Å².